The third-order valence-corrected chi connectivity index (χ3v) is 3.67. The fraction of sp³-hybridized carbons (Fsp3) is 0.200. The van der Waals surface area contributed by atoms with Crippen molar-refractivity contribution in [1.29, 1.82) is 0 Å². The lowest BCUT2D eigenvalue weighted by atomic mass is 9.95. The van der Waals surface area contributed by atoms with Crippen LogP contribution in [0.4, 0.5) is 0 Å². The van der Waals surface area contributed by atoms with Crippen LogP contribution in [-0.4, -0.2) is 0 Å². The van der Waals surface area contributed by atoms with E-state index in [9.17, 15) is 0 Å². The van der Waals surface area contributed by atoms with Crippen LogP contribution in [0.5, 0.6) is 0 Å². The topological polar surface area (TPSA) is 0 Å². The van der Waals surface area contributed by atoms with Gasteiger partial charge in [0.25, 0.3) is 0 Å². The van der Waals surface area contributed by atoms with Gasteiger partial charge < -0.3 is 0 Å². The Balaban J connectivity index is 2.68. The summed E-state index contributed by atoms with van der Waals surface area (Å²) in [4.78, 5) is 0. The van der Waals surface area contributed by atoms with E-state index in [0.717, 1.165) is 16.5 Å². The van der Waals surface area contributed by atoms with E-state index in [2.05, 4.69) is 54.0 Å². The average molecular weight is 309 g/mol. The number of halogens is 2. The van der Waals surface area contributed by atoms with E-state index in [1.165, 1.54) is 16.7 Å². The molecule has 2 aromatic rings. The maximum atomic E-state index is 6.27. The summed E-state index contributed by atoms with van der Waals surface area (Å²) in [7, 11) is 0. The van der Waals surface area contributed by atoms with Gasteiger partial charge in [0.1, 0.15) is 0 Å². The second kappa shape index (κ2) is 5.24. The first-order valence-corrected chi connectivity index (χ1v) is 6.76. The first kappa shape index (κ1) is 12.7. The first-order valence-electron chi connectivity index (χ1n) is 5.59. The summed E-state index contributed by atoms with van der Waals surface area (Å²) in [6.07, 6.45) is 0.986. The minimum atomic E-state index is 0.696. The predicted octanol–water partition coefficient (Wildman–Crippen LogP) is 5.44. The van der Waals surface area contributed by atoms with Crippen molar-refractivity contribution >= 4 is 27.5 Å². The van der Waals surface area contributed by atoms with Crippen LogP contribution in [0.15, 0.2) is 34.8 Å². The Morgan fingerprint density at radius 2 is 2.06 bits per heavy atom. The van der Waals surface area contributed by atoms with Gasteiger partial charge in [0, 0.05) is 16.1 Å². The van der Waals surface area contributed by atoms with E-state index >= 15 is 0 Å². The van der Waals surface area contributed by atoms with Gasteiger partial charge in [0.05, 0.1) is 5.02 Å². The second-order valence-corrected chi connectivity index (χ2v) is 5.30. The molecule has 0 aliphatic heterocycles. The molecule has 17 heavy (non-hydrogen) atoms. The molecule has 0 atom stereocenters. The molecule has 0 aromatic heterocycles. The summed E-state index contributed by atoms with van der Waals surface area (Å²) >= 11 is 9.77. The summed E-state index contributed by atoms with van der Waals surface area (Å²) in [6, 6.07) is 13.3. The molecule has 2 heteroatoms. The smallest absolute Gasteiger partial charge is 0.0566 e. The van der Waals surface area contributed by atoms with Crippen LogP contribution in [-0.2, 0) is 6.42 Å². The fourth-order valence-electron chi connectivity index (χ4n) is 2.00. The van der Waals surface area contributed by atoms with E-state index < -0.39 is 0 Å². The van der Waals surface area contributed by atoms with Crippen LogP contribution < -0.4 is 0 Å². The number of hydrogen-bond acceptors (Lipinski definition) is 0. The summed E-state index contributed by atoms with van der Waals surface area (Å²) in [6.45, 7) is 4.23. The number of rotatable bonds is 2. The molecule has 0 saturated heterocycles. The second-order valence-electron chi connectivity index (χ2n) is 4.00. The third-order valence-electron chi connectivity index (χ3n) is 2.87. The first-order chi connectivity index (χ1) is 8.13. The summed E-state index contributed by atoms with van der Waals surface area (Å²) in [5.41, 5.74) is 4.78. The lowest BCUT2D eigenvalue weighted by molar-refractivity contribution is 1.14. The molecule has 2 aromatic carbocycles. The van der Waals surface area contributed by atoms with Crippen molar-refractivity contribution in [1.82, 2.24) is 0 Å². The Kier molecular flexibility index (Phi) is 3.90. The van der Waals surface area contributed by atoms with E-state index in [-0.39, 0.29) is 0 Å². The highest BCUT2D eigenvalue weighted by molar-refractivity contribution is 9.10. The lowest BCUT2D eigenvalue weighted by Gasteiger charge is -2.13. The normalized spacial score (nSPS) is 10.6. The van der Waals surface area contributed by atoms with Crippen LogP contribution in [0.25, 0.3) is 11.1 Å². The predicted molar refractivity (Wildman–Crippen MR) is 77.5 cm³/mol. The van der Waals surface area contributed by atoms with Gasteiger partial charge >= 0.3 is 0 Å². The zero-order valence-corrected chi connectivity index (χ0v) is 12.2. The highest BCUT2D eigenvalue weighted by atomic mass is 79.9. The Bertz CT molecular complexity index is 526. The van der Waals surface area contributed by atoms with Crippen molar-refractivity contribution in [2.24, 2.45) is 0 Å². The van der Waals surface area contributed by atoms with Crippen molar-refractivity contribution in [2.45, 2.75) is 20.3 Å². The largest absolute Gasteiger partial charge is 0.0830 e. The molecule has 0 bridgehead atoms. The highest BCUT2D eigenvalue weighted by Crippen LogP contribution is 2.34. The van der Waals surface area contributed by atoms with Crippen LogP contribution in [0.2, 0.25) is 5.02 Å². The minimum Gasteiger partial charge on any atom is -0.0830 e. The Morgan fingerprint density at radius 3 is 2.71 bits per heavy atom. The zero-order chi connectivity index (χ0) is 12.4. The molecule has 0 amide bonds. The molecule has 2 rings (SSSR count). The number of aryl methyl sites for hydroxylation is 2. The molecule has 0 heterocycles. The maximum Gasteiger partial charge on any atom is 0.0566 e. The average Bonchev–Trinajstić information content (AvgIpc) is 2.30. The monoisotopic (exact) mass is 307 g/mol. The SMILES string of the molecule is CCc1cc(Br)ccc1-c1c(Cl)[c]ccc1C. The van der Waals surface area contributed by atoms with Crippen LogP contribution in [0, 0.1) is 13.0 Å². The zero-order valence-electron chi connectivity index (χ0n) is 9.85. The summed E-state index contributed by atoms with van der Waals surface area (Å²) < 4.78 is 1.10. The fourth-order valence-corrected chi connectivity index (χ4v) is 2.72. The van der Waals surface area contributed by atoms with Crippen LogP contribution in [0.3, 0.4) is 0 Å². The van der Waals surface area contributed by atoms with Crippen LogP contribution in [0.1, 0.15) is 18.1 Å². The molecule has 0 spiro atoms. The standard InChI is InChI=1S/C15H13BrCl/c1-3-11-9-12(16)7-8-13(11)15-10(2)5-4-6-14(15)17/h4-5,7-9H,3H2,1-2H3. The molecular weight excluding hydrogens is 296 g/mol. The van der Waals surface area contributed by atoms with Gasteiger partial charge in [-0.3, -0.25) is 0 Å². The molecule has 1 radical (unpaired) electrons. The Morgan fingerprint density at radius 1 is 1.29 bits per heavy atom. The molecule has 0 unspecified atom stereocenters. The molecular formula is C15H13BrCl. The molecule has 0 saturated carbocycles. The van der Waals surface area contributed by atoms with Gasteiger partial charge in [-0.2, -0.15) is 0 Å². The molecule has 0 aliphatic carbocycles. The van der Waals surface area contributed by atoms with Crippen molar-refractivity contribution < 1.29 is 0 Å². The molecule has 87 valence electrons. The van der Waals surface area contributed by atoms with Crippen molar-refractivity contribution in [2.75, 3.05) is 0 Å². The summed E-state index contributed by atoms with van der Waals surface area (Å²) in [5, 5.41) is 0.696. The van der Waals surface area contributed by atoms with E-state index in [1.807, 2.05) is 12.1 Å². The maximum absolute atomic E-state index is 6.27. The van der Waals surface area contributed by atoms with Gasteiger partial charge in [-0.1, -0.05) is 52.7 Å². The van der Waals surface area contributed by atoms with Crippen molar-refractivity contribution in [3.05, 3.63) is 57.0 Å². The number of hydrogen-bond donors (Lipinski definition) is 0. The van der Waals surface area contributed by atoms with Gasteiger partial charge in [0.2, 0.25) is 0 Å². The minimum absolute atomic E-state index is 0.696. The quantitative estimate of drug-likeness (QED) is 0.693. The van der Waals surface area contributed by atoms with E-state index in [0.29, 0.717) is 5.02 Å². The molecule has 0 fully saturated rings. The van der Waals surface area contributed by atoms with Gasteiger partial charge in [-0.15, -0.1) is 0 Å². The highest BCUT2D eigenvalue weighted by Gasteiger charge is 2.10. The van der Waals surface area contributed by atoms with Gasteiger partial charge in [-0.05, 0) is 42.2 Å². The van der Waals surface area contributed by atoms with Crippen molar-refractivity contribution in [3.63, 3.8) is 0 Å². The van der Waals surface area contributed by atoms with Gasteiger partial charge in [-0.25, -0.2) is 0 Å². The summed E-state index contributed by atoms with van der Waals surface area (Å²) in [5.74, 6) is 0. The van der Waals surface area contributed by atoms with Crippen molar-refractivity contribution in [3.8, 4) is 11.1 Å². The molecule has 0 aliphatic rings. The van der Waals surface area contributed by atoms with E-state index in [1.54, 1.807) is 0 Å². The third kappa shape index (κ3) is 2.56. The Hall–Kier alpha value is -0.790. The number of benzene rings is 2. The van der Waals surface area contributed by atoms with Gasteiger partial charge in [0.15, 0.2) is 0 Å². The van der Waals surface area contributed by atoms with E-state index in [4.69, 9.17) is 11.6 Å². The molecule has 0 N–H and O–H groups in total. The lowest BCUT2D eigenvalue weighted by Crippen LogP contribution is -1.91. The molecule has 0 nitrogen and oxygen atoms in total. The Labute approximate surface area is 116 Å². The van der Waals surface area contributed by atoms with Crippen LogP contribution >= 0.6 is 27.5 Å².